The molecule has 0 aromatic heterocycles. The Labute approximate surface area is 159 Å². The maximum atomic E-state index is 12.5. The number of para-hydroxylation sites is 1. The summed E-state index contributed by atoms with van der Waals surface area (Å²) in [4.78, 5) is 26.7. The molecule has 1 heterocycles. The summed E-state index contributed by atoms with van der Waals surface area (Å²) in [7, 11) is 0. The highest BCUT2D eigenvalue weighted by molar-refractivity contribution is 5.91. The van der Waals surface area contributed by atoms with Crippen molar-refractivity contribution in [2.24, 2.45) is 0 Å². The van der Waals surface area contributed by atoms with Crippen LogP contribution >= 0.6 is 0 Å². The number of carbonyl (C=O) groups excluding carboxylic acids is 2. The van der Waals surface area contributed by atoms with Crippen molar-refractivity contribution in [3.8, 4) is 11.5 Å². The van der Waals surface area contributed by atoms with Crippen molar-refractivity contribution in [1.82, 2.24) is 4.90 Å². The van der Waals surface area contributed by atoms with Gasteiger partial charge < -0.3 is 14.4 Å². The zero-order chi connectivity index (χ0) is 19.2. The molecule has 27 heavy (non-hydrogen) atoms. The first-order valence-electron chi connectivity index (χ1n) is 9.36. The number of esters is 1. The van der Waals surface area contributed by atoms with E-state index in [2.05, 4.69) is 0 Å². The molecule has 0 radical (unpaired) electrons. The van der Waals surface area contributed by atoms with E-state index in [-0.39, 0.29) is 24.6 Å². The van der Waals surface area contributed by atoms with Crippen molar-refractivity contribution in [2.45, 2.75) is 45.2 Å². The predicted molar refractivity (Wildman–Crippen MR) is 103 cm³/mol. The number of rotatable bonds is 5. The van der Waals surface area contributed by atoms with Crippen molar-refractivity contribution >= 4 is 11.9 Å². The monoisotopic (exact) mass is 367 g/mol. The number of amides is 1. The Morgan fingerprint density at radius 3 is 2.33 bits per heavy atom. The molecule has 2 atom stereocenters. The third kappa shape index (κ3) is 4.88. The SMILES string of the molecule is C[C@H]1CCC[C@H](C)N1C(=O)COC(=O)c1cccc(Oc2ccccc2)c1. The minimum atomic E-state index is -0.529. The summed E-state index contributed by atoms with van der Waals surface area (Å²) in [6, 6.07) is 16.5. The zero-order valence-corrected chi connectivity index (χ0v) is 15.8. The fraction of sp³-hybridized carbons (Fsp3) is 0.364. The molecule has 1 saturated heterocycles. The molecule has 5 heteroatoms. The average molecular weight is 367 g/mol. The highest BCUT2D eigenvalue weighted by atomic mass is 16.5. The van der Waals surface area contributed by atoms with Crippen molar-refractivity contribution in [1.29, 1.82) is 0 Å². The molecule has 142 valence electrons. The number of likely N-dealkylation sites (tertiary alicyclic amines) is 1. The average Bonchev–Trinajstić information content (AvgIpc) is 2.67. The third-order valence-electron chi connectivity index (χ3n) is 4.86. The third-order valence-corrected chi connectivity index (χ3v) is 4.86. The summed E-state index contributed by atoms with van der Waals surface area (Å²) in [6.45, 7) is 3.84. The minimum Gasteiger partial charge on any atom is -0.457 e. The topological polar surface area (TPSA) is 55.8 Å². The number of ether oxygens (including phenoxy) is 2. The molecule has 0 unspecified atom stereocenters. The molecule has 1 fully saturated rings. The van der Waals surface area contributed by atoms with Gasteiger partial charge in [-0.25, -0.2) is 4.79 Å². The van der Waals surface area contributed by atoms with Gasteiger partial charge in [-0.3, -0.25) is 4.79 Å². The quantitative estimate of drug-likeness (QED) is 0.734. The van der Waals surface area contributed by atoms with E-state index < -0.39 is 5.97 Å². The molecule has 0 saturated carbocycles. The largest absolute Gasteiger partial charge is 0.457 e. The van der Waals surface area contributed by atoms with Crippen LogP contribution in [-0.2, 0) is 9.53 Å². The summed E-state index contributed by atoms with van der Waals surface area (Å²) < 4.78 is 11.0. The van der Waals surface area contributed by atoms with Crippen LogP contribution in [0.25, 0.3) is 0 Å². The normalized spacial score (nSPS) is 19.4. The molecular weight excluding hydrogens is 342 g/mol. The van der Waals surface area contributed by atoms with Crippen LogP contribution in [0.3, 0.4) is 0 Å². The van der Waals surface area contributed by atoms with Gasteiger partial charge in [0.25, 0.3) is 5.91 Å². The molecule has 0 aliphatic carbocycles. The summed E-state index contributed by atoms with van der Waals surface area (Å²) >= 11 is 0. The second kappa shape index (κ2) is 8.71. The number of benzene rings is 2. The standard InChI is InChI=1S/C22H25NO4/c1-16-8-6-9-17(2)23(16)21(24)15-26-22(25)18-10-7-13-20(14-18)27-19-11-4-3-5-12-19/h3-5,7,10-14,16-17H,6,8-9,15H2,1-2H3/t16-,17-/m0/s1. The highest BCUT2D eigenvalue weighted by Crippen LogP contribution is 2.24. The Morgan fingerprint density at radius 1 is 0.963 bits per heavy atom. The smallest absolute Gasteiger partial charge is 0.338 e. The maximum absolute atomic E-state index is 12.5. The number of carbonyl (C=O) groups is 2. The van der Waals surface area contributed by atoms with Gasteiger partial charge in [0.2, 0.25) is 0 Å². The van der Waals surface area contributed by atoms with Gasteiger partial charge >= 0.3 is 5.97 Å². The van der Waals surface area contributed by atoms with Crippen LogP contribution in [0, 0.1) is 0 Å². The van der Waals surface area contributed by atoms with Crippen LogP contribution in [0.4, 0.5) is 0 Å². The molecule has 0 spiro atoms. The lowest BCUT2D eigenvalue weighted by atomic mass is 9.97. The fourth-order valence-electron chi connectivity index (χ4n) is 3.51. The molecular formula is C22H25NO4. The second-order valence-electron chi connectivity index (χ2n) is 6.95. The first-order chi connectivity index (χ1) is 13.0. The van der Waals surface area contributed by atoms with Gasteiger partial charge in [-0.2, -0.15) is 0 Å². The molecule has 1 amide bonds. The van der Waals surface area contributed by atoms with Crippen LogP contribution < -0.4 is 4.74 Å². The van der Waals surface area contributed by atoms with Crippen molar-refractivity contribution in [3.63, 3.8) is 0 Å². The van der Waals surface area contributed by atoms with Gasteiger partial charge in [0, 0.05) is 12.1 Å². The van der Waals surface area contributed by atoms with Gasteiger partial charge in [-0.05, 0) is 63.4 Å². The van der Waals surface area contributed by atoms with Crippen molar-refractivity contribution in [2.75, 3.05) is 6.61 Å². The van der Waals surface area contributed by atoms with E-state index in [0.29, 0.717) is 17.1 Å². The van der Waals surface area contributed by atoms with Gasteiger partial charge in [0.1, 0.15) is 11.5 Å². The molecule has 1 aliphatic rings. The molecule has 2 aromatic rings. The number of piperidine rings is 1. The van der Waals surface area contributed by atoms with E-state index in [1.165, 1.54) is 0 Å². The number of hydrogen-bond donors (Lipinski definition) is 0. The van der Waals surface area contributed by atoms with Gasteiger partial charge in [0.15, 0.2) is 6.61 Å². The van der Waals surface area contributed by atoms with Crippen molar-refractivity contribution in [3.05, 3.63) is 60.2 Å². The maximum Gasteiger partial charge on any atom is 0.338 e. The van der Waals surface area contributed by atoms with E-state index in [1.807, 2.05) is 49.1 Å². The van der Waals surface area contributed by atoms with Crippen LogP contribution in [0.2, 0.25) is 0 Å². The lowest BCUT2D eigenvalue weighted by molar-refractivity contribution is -0.140. The molecule has 0 N–H and O–H groups in total. The van der Waals surface area contributed by atoms with Crippen LogP contribution in [-0.4, -0.2) is 35.5 Å². The lowest BCUT2D eigenvalue weighted by Gasteiger charge is -2.38. The lowest BCUT2D eigenvalue weighted by Crippen LogP contribution is -2.49. The highest BCUT2D eigenvalue weighted by Gasteiger charge is 2.29. The molecule has 2 aromatic carbocycles. The Morgan fingerprint density at radius 2 is 1.63 bits per heavy atom. The van der Waals surface area contributed by atoms with Gasteiger partial charge in [0.05, 0.1) is 5.56 Å². The molecule has 3 rings (SSSR count). The van der Waals surface area contributed by atoms with E-state index in [1.54, 1.807) is 24.3 Å². The summed E-state index contributed by atoms with van der Waals surface area (Å²) in [5, 5.41) is 0. The van der Waals surface area contributed by atoms with E-state index >= 15 is 0 Å². The van der Waals surface area contributed by atoms with Crippen LogP contribution in [0.5, 0.6) is 11.5 Å². The van der Waals surface area contributed by atoms with Gasteiger partial charge in [-0.1, -0.05) is 24.3 Å². The number of nitrogens with zero attached hydrogens (tertiary/aromatic N) is 1. The molecule has 1 aliphatic heterocycles. The summed E-state index contributed by atoms with van der Waals surface area (Å²) in [5.74, 6) is 0.561. The van der Waals surface area contributed by atoms with Crippen LogP contribution in [0.1, 0.15) is 43.5 Å². The zero-order valence-electron chi connectivity index (χ0n) is 15.8. The Kier molecular flexibility index (Phi) is 6.12. The Bertz CT molecular complexity index is 780. The Balaban J connectivity index is 1.59. The first kappa shape index (κ1) is 19.0. The van der Waals surface area contributed by atoms with Crippen molar-refractivity contribution < 1.29 is 19.1 Å². The summed E-state index contributed by atoms with van der Waals surface area (Å²) in [5.41, 5.74) is 0.357. The molecule has 5 nitrogen and oxygen atoms in total. The number of hydrogen-bond acceptors (Lipinski definition) is 4. The summed E-state index contributed by atoms with van der Waals surface area (Å²) in [6.07, 6.45) is 3.10. The predicted octanol–water partition coefficient (Wildman–Crippen LogP) is 4.43. The first-order valence-corrected chi connectivity index (χ1v) is 9.36. The van der Waals surface area contributed by atoms with Gasteiger partial charge in [-0.15, -0.1) is 0 Å². The molecule has 0 bridgehead atoms. The van der Waals surface area contributed by atoms with Crippen LogP contribution in [0.15, 0.2) is 54.6 Å². The fourth-order valence-corrected chi connectivity index (χ4v) is 3.51. The Hall–Kier alpha value is -2.82. The second-order valence-corrected chi connectivity index (χ2v) is 6.95. The van der Waals surface area contributed by atoms with E-state index in [9.17, 15) is 9.59 Å². The minimum absolute atomic E-state index is 0.139. The van der Waals surface area contributed by atoms with E-state index in [4.69, 9.17) is 9.47 Å². The van der Waals surface area contributed by atoms with E-state index in [0.717, 1.165) is 19.3 Å².